The summed E-state index contributed by atoms with van der Waals surface area (Å²) in [7, 11) is 1.85. The minimum atomic E-state index is 0.674. The Labute approximate surface area is 104 Å². The molecule has 2 heteroatoms. The lowest BCUT2D eigenvalue weighted by Gasteiger charge is -2.10. The Morgan fingerprint density at radius 3 is 2.41 bits per heavy atom. The number of hydrogen-bond donors (Lipinski definition) is 1. The fourth-order valence-electron chi connectivity index (χ4n) is 1.15. The average molecular weight is 231 g/mol. The van der Waals surface area contributed by atoms with Gasteiger partial charge in [0.25, 0.3) is 0 Å². The summed E-state index contributed by atoms with van der Waals surface area (Å²) in [6, 6.07) is 7.71. The minimum Gasteiger partial charge on any atom is -0.455 e. The largest absolute Gasteiger partial charge is 0.455 e. The van der Waals surface area contributed by atoms with Gasteiger partial charge in [0.2, 0.25) is 0 Å². The summed E-state index contributed by atoms with van der Waals surface area (Å²) in [5.74, 6) is 1.45. The molecule has 92 valence electrons. The predicted molar refractivity (Wildman–Crippen MR) is 76.4 cm³/mol. The number of rotatable bonds is 5. The number of para-hydroxylation sites is 2. The van der Waals surface area contributed by atoms with E-state index in [-0.39, 0.29) is 0 Å². The molecular weight excluding hydrogens is 210 g/mol. The predicted octanol–water partition coefficient (Wildman–Crippen LogP) is 4.39. The standard InChI is InChI=1S/C13H15NO.C2H6/c1-4-8-11(5-2)15-13-10-7-6-9-12(13)14-3;1-2/h4-10,14H,1-2H2,3H3;1-2H3/b11-8+;. The van der Waals surface area contributed by atoms with Gasteiger partial charge in [0.1, 0.15) is 11.5 Å². The van der Waals surface area contributed by atoms with E-state index in [1.54, 1.807) is 18.2 Å². The zero-order valence-electron chi connectivity index (χ0n) is 10.9. The van der Waals surface area contributed by atoms with Gasteiger partial charge in [-0.1, -0.05) is 45.2 Å². The monoisotopic (exact) mass is 231 g/mol. The molecule has 0 aliphatic heterocycles. The van der Waals surface area contributed by atoms with Crippen LogP contribution in [0, 0.1) is 0 Å². The van der Waals surface area contributed by atoms with Crippen molar-refractivity contribution in [2.24, 2.45) is 0 Å². The van der Waals surface area contributed by atoms with Crippen LogP contribution in [-0.4, -0.2) is 7.05 Å². The van der Waals surface area contributed by atoms with Crippen LogP contribution in [0.15, 0.2) is 61.4 Å². The van der Waals surface area contributed by atoms with Crippen LogP contribution in [-0.2, 0) is 0 Å². The van der Waals surface area contributed by atoms with Gasteiger partial charge in [0, 0.05) is 7.05 Å². The molecule has 0 radical (unpaired) electrons. The van der Waals surface area contributed by atoms with Crippen LogP contribution < -0.4 is 10.1 Å². The van der Waals surface area contributed by atoms with Gasteiger partial charge in [-0.05, 0) is 24.3 Å². The van der Waals surface area contributed by atoms with Crippen molar-refractivity contribution in [1.29, 1.82) is 0 Å². The van der Waals surface area contributed by atoms with E-state index < -0.39 is 0 Å². The molecule has 0 heterocycles. The van der Waals surface area contributed by atoms with Crippen molar-refractivity contribution in [2.75, 3.05) is 12.4 Å². The van der Waals surface area contributed by atoms with E-state index in [1.807, 2.05) is 45.2 Å². The molecule has 0 saturated carbocycles. The van der Waals surface area contributed by atoms with E-state index in [0.717, 1.165) is 11.4 Å². The molecule has 1 N–H and O–H groups in total. The van der Waals surface area contributed by atoms with Crippen LogP contribution in [0.3, 0.4) is 0 Å². The molecule has 0 saturated heterocycles. The molecule has 2 nitrogen and oxygen atoms in total. The summed E-state index contributed by atoms with van der Waals surface area (Å²) in [5, 5.41) is 3.05. The van der Waals surface area contributed by atoms with Gasteiger partial charge in [0.15, 0.2) is 0 Å². The normalized spacial score (nSPS) is 9.71. The number of allylic oxidation sites excluding steroid dienone is 3. The molecule has 0 fully saturated rings. The quantitative estimate of drug-likeness (QED) is 0.599. The van der Waals surface area contributed by atoms with E-state index in [0.29, 0.717) is 5.76 Å². The maximum Gasteiger partial charge on any atom is 0.150 e. The maximum absolute atomic E-state index is 5.64. The number of anilines is 1. The van der Waals surface area contributed by atoms with Crippen molar-refractivity contribution >= 4 is 5.69 Å². The summed E-state index contributed by atoms with van der Waals surface area (Å²) in [5.41, 5.74) is 0.939. The SMILES string of the molecule is C=C/C=C(\C=C)Oc1ccccc1NC.CC. The van der Waals surface area contributed by atoms with E-state index >= 15 is 0 Å². The highest BCUT2D eigenvalue weighted by Crippen LogP contribution is 2.25. The van der Waals surface area contributed by atoms with E-state index in [2.05, 4.69) is 18.5 Å². The lowest BCUT2D eigenvalue weighted by molar-refractivity contribution is 0.447. The zero-order valence-corrected chi connectivity index (χ0v) is 10.9. The maximum atomic E-state index is 5.64. The van der Waals surface area contributed by atoms with Crippen LogP contribution in [0.25, 0.3) is 0 Å². The molecule has 0 unspecified atom stereocenters. The molecule has 0 aliphatic rings. The average Bonchev–Trinajstić information content (AvgIpc) is 2.41. The molecule has 0 aliphatic carbocycles. The van der Waals surface area contributed by atoms with Crippen molar-refractivity contribution in [3.63, 3.8) is 0 Å². The fraction of sp³-hybridized carbons (Fsp3) is 0.200. The third kappa shape index (κ3) is 5.07. The third-order valence-corrected chi connectivity index (χ3v) is 1.87. The molecule has 0 spiro atoms. The van der Waals surface area contributed by atoms with Crippen LogP contribution in [0.4, 0.5) is 5.69 Å². The first kappa shape index (κ1) is 15.0. The summed E-state index contributed by atoms with van der Waals surface area (Å²) < 4.78 is 5.64. The Bertz CT molecular complexity index is 380. The zero-order chi connectivity index (χ0) is 13.1. The lowest BCUT2D eigenvalue weighted by atomic mass is 10.3. The molecule has 1 aromatic carbocycles. The second-order valence-electron chi connectivity index (χ2n) is 2.86. The van der Waals surface area contributed by atoms with Crippen molar-refractivity contribution in [1.82, 2.24) is 0 Å². The molecule has 0 amide bonds. The Morgan fingerprint density at radius 1 is 1.24 bits per heavy atom. The summed E-state index contributed by atoms with van der Waals surface area (Å²) >= 11 is 0. The smallest absolute Gasteiger partial charge is 0.150 e. The van der Waals surface area contributed by atoms with Crippen LogP contribution in [0.1, 0.15) is 13.8 Å². The second-order valence-corrected chi connectivity index (χ2v) is 2.86. The molecule has 17 heavy (non-hydrogen) atoms. The Hall–Kier alpha value is -1.96. The first-order valence-corrected chi connectivity index (χ1v) is 5.71. The van der Waals surface area contributed by atoms with Crippen LogP contribution in [0.2, 0.25) is 0 Å². The molecule has 0 atom stereocenters. The van der Waals surface area contributed by atoms with Gasteiger partial charge in [-0.15, -0.1) is 0 Å². The van der Waals surface area contributed by atoms with Crippen molar-refractivity contribution in [3.05, 3.63) is 61.4 Å². The highest BCUT2D eigenvalue weighted by Gasteiger charge is 2.01. The van der Waals surface area contributed by atoms with Crippen LogP contribution >= 0.6 is 0 Å². The number of hydrogen-bond acceptors (Lipinski definition) is 2. The second kappa shape index (κ2) is 9.28. The highest BCUT2D eigenvalue weighted by atomic mass is 16.5. The topological polar surface area (TPSA) is 21.3 Å². The Kier molecular flexibility index (Phi) is 8.21. The Balaban J connectivity index is 0.00000121. The van der Waals surface area contributed by atoms with Crippen molar-refractivity contribution < 1.29 is 4.74 Å². The van der Waals surface area contributed by atoms with E-state index in [9.17, 15) is 0 Å². The minimum absolute atomic E-state index is 0.674. The van der Waals surface area contributed by atoms with Gasteiger partial charge < -0.3 is 10.1 Å². The van der Waals surface area contributed by atoms with E-state index in [1.165, 1.54) is 0 Å². The van der Waals surface area contributed by atoms with Crippen LogP contribution in [0.5, 0.6) is 5.75 Å². The molecular formula is C15H21NO. The van der Waals surface area contributed by atoms with Gasteiger partial charge in [-0.2, -0.15) is 0 Å². The number of nitrogens with one attached hydrogen (secondary N) is 1. The summed E-state index contributed by atoms with van der Waals surface area (Å²) in [4.78, 5) is 0. The number of benzene rings is 1. The summed E-state index contributed by atoms with van der Waals surface area (Å²) in [6.45, 7) is 11.3. The first-order chi connectivity index (χ1) is 8.31. The molecule has 0 aromatic heterocycles. The van der Waals surface area contributed by atoms with Crippen molar-refractivity contribution in [3.8, 4) is 5.75 Å². The van der Waals surface area contributed by atoms with Gasteiger partial charge in [0.05, 0.1) is 5.69 Å². The van der Waals surface area contributed by atoms with Crippen molar-refractivity contribution in [2.45, 2.75) is 13.8 Å². The highest BCUT2D eigenvalue weighted by molar-refractivity contribution is 5.56. The van der Waals surface area contributed by atoms with Gasteiger partial charge >= 0.3 is 0 Å². The Morgan fingerprint density at radius 2 is 1.88 bits per heavy atom. The fourth-order valence-corrected chi connectivity index (χ4v) is 1.15. The number of ether oxygens (including phenoxy) is 1. The van der Waals surface area contributed by atoms with Gasteiger partial charge in [-0.25, -0.2) is 0 Å². The van der Waals surface area contributed by atoms with Gasteiger partial charge in [-0.3, -0.25) is 0 Å². The van der Waals surface area contributed by atoms with E-state index in [4.69, 9.17) is 4.74 Å². The first-order valence-electron chi connectivity index (χ1n) is 5.71. The molecule has 1 rings (SSSR count). The molecule has 1 aromatic rings. The summed E-state index contributed by atoms with van der Waals surface area (Å²) in [6.07, 6.45) is 5.08. The molecule has 0 bridgehead atoms. The third-order valence-electron chi connectivity index (χ3n) is 1.87. The lowest BCUT2D eigenvalue weighted by Crippen LogP contribution is -1.96.